The standard InChI is InChI=1S/C13H14ClN3O2/c1-8-7-12(17-16-8)15-13(18)9(2)19-11-6-4-3-5-10(11)14/h3-7,9H,1-2H3,(H2,15,16,17,18). The molecule has 1 aromatic heterocycles. The van der Waals surface area contributed by atoms with E-state index in [4.69, 9.17) is 16.3 Å². The molecule has 0 aliphatic heterocycles. The number of H-pyrrole nitrogens is 1. The van der Waals surface area contributed by atoms with Crippen LogP contribution in [-0.2, 0) is 4.79 Å². The number of carbonyl (C=O) groups is 1. The second kappa shape index (κ2) is 5.75. The van der Waals surface area contributed by atoms with Crippen LogP contribution in [0.5, 0.6) is 5.75 Å². The smallest absolute Gasteiger partial charge is 0.266 e. The van der Waals surface area contributed by atoms with E-state index in [1.165, 1.54) is 0 Å². The molecule has 2 N–H and O–H groups in total. The number of para-hydroxylation sites is 1. The van der Waals surface area contributed by atoms with Gasteiger partial charge in [-0.15, -0.1) is 0 Å². The Balaban J connectivity index is 1.98. The molecule has 0 saturated carbocycles. The Bertz CT molecular complexity index is 583. The van der Waals surface area contributed by atoms with E-state index in [9.17, 15) is 4.79 Å². The summed E-state index contributed by atoms with van der Waals surface area (Å²) in [6, 6.07) is 8.75. The number of hydrogen-bond acceptors (Lipinski definition) is 3. The van der Waals surface area contributed by atoms with Crippen LogP contribution in [0.3, 0.4) is 0 Å². The quantitative estimate of drug-likeness (QED) is 0.904. The first kappa shape index (κ1) is 13.4. The zero-order chi connectivity index (χ0) is 13.8. The summed E-state index contributed by atoms with van der Waals surface area (Å²) in [6.07, 6.45) is -0.670. The van der Waals surface area contributed by atoms with Crippen LogP contribution in [0.4, 0.5) is 5.82 Å². The fraction of sp³-hybridized carbons (Fsp3) is 0.231. The molecule has 6 heteroatoms. The first-order chi connectivity index (χ1) is 9.06. The van der Waals surface area contributed by atoms with Crippen LogP contribution in [0.1, 0.15) is 12.6 Å². The number of hydrogen-bond donors (Lipinski definition) is 2. The second-order valence-electron chi connectivity index (χ2n) is 4.12. The van der Waals surface area contributed by atoms with Crippen molar-refractivity contribution < 1.29 is 9.53 Å². The van der Waals surface area contributed by atoms with Crippen LogP contribution in [0, 0.1) is 6.92 Å². The Morgan fingerprint density at radius 1 is 1.47 bits per heavy atom. The number of carbonyl (C=O) groups excluding carboxylic acids is 1. The van der Waals surface area contributed by atoms with Gasteiger partial charge in [-0.25, -0.2) is 0 Å². The molecular weight excluding hydrogens is 266 g/mol. The number of nitrogens with one attached hydrogen (secondary N) is 2. The van der Waals surface area contributed by atoms with Crippen molar-refractivity contribution in [3.8, 4) is 5.75 Å². The first-order valence-electron chi connectivity index (χ1n) is 5.80. The normalized spacial score (nSPS) is 11.9. The molecule has 0 fully saturated rings. The monoisotopic (exact) mass is 279 g/mol. The second-order valence-corrected chi connectivity index (χ2v) is 4.52. The van der Waals surface area contributed by atoms with Gasteiger partial charge < -0.3 is 10.1 Å². The minimum Gasteiger partial charge on any atom is -0.479 e. The van der Waals surface area contributed by atoms with E-state index in [0.29, 0.717) is 16.6 Å². The van der Waals surface area contributed by atoms with Gasteiger partial charge in [0.15, 0.2) is 11.9 Å². The number of amides is 1. The lowest BCUT2D eigenvalue weighted by Gasteiger charge is -2.14. The first-order valence-corrected chi connectivity index (χ1v) is 6.18. The van der Waals surface area contributed by atoms with Crippen molar-refractivity contribution >= 4 is 23.3 Å². The van der Waals surface area contributed by atoms with E-state index in [1.54, 1.807) is 37.3 Å². The summed E-state index contributed by atoms with van der Waals surface area (Å²) in [7, 11) is 0. The van der Waals surface area contributed by atoms with Gasteiger partial charge in [0, 0.05) is 11.8 Å². The van der Waals surface area contributed by atoms with E-state index in [0.717, 1.165) is 5.69 Å². The average molecular weight is 280 g/mol. The Hall–Kier alpha value is -2.01. The maximum atomic E-state index is 11.9. The number of halogens is 1. The molecule has 1 atom stereocenters. The molecule has 19 heavy (non-hydrogen) atoms. The van der Waals surface area contributed by atoms with Gasteiger partial charge in [-0.2, -0.15) is 5.10 Å². The molecule has 1 unspecified atom stereocenters. The zero-order valence-electron chi connectivity index (χ0n) is 10.6. The molecule has 0 aliphatic carbocycles. The maximum Gasteiger partial charge on any atom is 0.266 e. The summed E-state index contributed by atoms with van der Waals surface area (Å²) in [5.41, 5.74) is 0.870. The zero-order valence-corrected chi connectivity index (χ0v) is 11.4. The van der Waals surface area contributed by atoms with Crippen LogP contribution in [0.15, 0.2) is 30.3 Å². The van der Waals surface area contributed by atoms with Gasteiger partial charge >= 0.3 is 0 Å². The fourth-order valence-corrected chi connectivity index (χ4v) is 1.67. The van der Waals surface area contributed by atoms with E-state index in [1.807, 2.05) is 6.92 Å². The summed E-state index contributed by atoms with van der Waals surface area (Å²) >= 11 is 5.96. The van der Waals surface area contributed by atoms with Gasteiger partial charge in [-0.3, -0.25) is 9.89 Å². The number of aromatic nitrogens is 2. The highest BCUT2D eigenvalue weighted by molar-refractivity contribution is 6.32. The van der Waals surface area contributed by atoms with Crippen LogP contribution in [-0.4, -0.2) is 22.2 Å². The van der Waals surface area contributed by atoms with Crippen molar-refractivity contribution in [1.29, 1.82) is 0 Å². The lowest BCUT2D eigenvalue weighted by atomic mass is 10.3. The van der Waals surface area contributed by atoms with Crippen LogP contribution in [0.2, 0.25) is 5.02 Å². The summed E-state index contributed by atoms with van der Waals surface area (Å²) in [5.74, 6) is 0.661. The van der Waals surface area contributed by atoms with Crippen LogP contribution >= 0.6 is 11.6 Å². The highest BCUT2D eigenvalue weighted by Gasteiger charge is 2.16. The maximum absolute atomic E-state index is 11.9. The van der Waals surface area contributed by atoms with Crippen LogP contribution < -0.4 is 10.1 Å². The average Bonchev–Trinajstić information content (AvgIpc) is 2.77. The molecule has 1 heterocycles. The van der Waals surface area contributed by atoms with Crippen molar-refractivity contribution in [2.45, 2.75) is 20.0 Å². The summed E-state index contributed by atoms with van der Waals surface area (Å²) in [6.45, 7) is 3.50. The fourth-order valence-electron chi connectivity index (χ4n) is 1.49. The van der Waals surface area contributed by atoms with Crippen molar-refractivity contribution in [1.82, 2.24) is 10.2 Å². The molecule has 0 aliphatic rings. The molecule has 5 nitrogen and oxygen atoms in total. The third-order valence-electron chi connectivity index (χ3n) is 2.47. The van der Waals surface area contributed by atoms with Crippen molar-refractivity contribution in [3.05, 3.63) is 41.0 Å². The number of aryl methyl sites for hydroxylation is 1. The molecule has 0 bridgehead atoms. The Morgan fingerprint density at radius 3 is 2.84 bits per heavy atom. The number of aromatic amines is 1. The number of ether oxygens (including phenoxy) is 1. The molecule has 2 rings (SSSR count). The van der Waals surface area contributed by atoms with Crippen molar-refractivity contribution in [3.63, 3.8) is 0 Å². The third-order valence-corrected chi connectivity index (χ3v) is 2.78. The highest BCUT2D eigenvalue weighted by atomic mass is 35.5. The predicted octanol–water partition coefficient (Wildman–Crippen LogP) is 2.78. The minimum absolute atomic E-state index is 0.286. The third kappa shape index (κ3) is 3.48. The number of nitrogens with zero attached hydrogens (tertiary/aromatic N) is 1. The van der Waals surface area contributed by atoms with E-state index >= 15 is 0 Å². The molecule has 0 spiro atoms. The van der Waals surface area contributed by atoms with Gasteiger partial charge in [0.25, 0.3) is 5.91 Å². The predicted molar refractivity (Wildman–Crippen MR) is 73.5 cm³/mol. The van der Waals surface area contributed by atoms with Gasteiger partial charge in [-0.05, 0) is 26.0 Å². The molecule has 1 amide bonds. The van der Waals surface area contributed by atoms with Crippen molar-refractivity contribution in [2.24, 2.45) is 0 Å². The Morgan fingerprint density at radius 2 is 2.21 bits per heavy atom. The summed E-state index contributed by atoms with van der Waals surface area (Å²) < 4.78 is 5.50. The van der Waals surface area contributed by atoms with E-state index < -0.39 is 6.10 Å². The molecular formula is C13H14ClN3O2. The lowest BCUT2D eigenvalue weighted by molar-refractivity contribution is -0.122. The minimum atomic E-state index is -0.670. The Labute approximate surface area is 115 Å². The number of anilines is 1. The SMILES string of the molecule is Cc1cc(NC(=O)C(C)Oc2ccccc2Cl)n[nH]1. The summed E-state index contributed by atoms with van der Waals surface area (Å²) in [5, 5.41) is 9.79. The van der Waals surface area contributed by atoms with E-state index in [2.05, 4.69) is 15.5 Å². The molecule has 1 aromatic carbocycles. The van der Waals surface area contributed by atoms with Crippen LogP contribution in [0.25, 0.3) is 0 Å². The number of benzene rings is 1. The molecule has 0 radical (unpaired) electrons. The highest BCUT2D eigenvalue weighted by Crippen LogP contribution is 2.24. The van der Waals surface area contributed by atoms with Gasteiger partial charge in [0.05, 0.1) is 5.02 Å². The van der Waals surface area contributed by atoms with Gasteiger partial charge in [0.2, 0.25) is 0 Å². The van der Waals surface area contributed by atoms with Gasteiger partial charge in [0.1, 0.15) is 5.75 Å². The largest absolute Gasteiger partial charge is 0.479 e. The van der Waals surface area contributed by atoms with E-state index in [-0.39, 0.29) is 5.91 Å². The summed E-state index contributed by atoms with van der Waals surface area (Å²) in [4.78, 5) is 11.9. The van der Waals surface area contributed by atoms with Crippen molar-refractivity contribution in [2.75, 3.05) is 5.32 Å². The topological polar surface area (TPSA) is 67.0 Å². The molecule has 100 valence electrons. The lowest BCUT2D eigenvalue weighted by Crippen LogP contribution is -2.30. The molecule has 2 aromatic rings. The number of rotatable bonds is 4. The Kier molecular flexibility index (Phi) is 4.06. The molecule has 0 saturated heterocycles. The van der Waals surface area contributed by atoms with Gasteiger partial charge in [-0.1, -0.05) is 23.7 Å².